The number of halogens is 1. The fraction of sp³-hybridized carbons (Fsp3) is 0.455. The van der Waals surface area contributed by atoms with Gasteiger partial charge in [0, 0.05) is 6.04 Å². The van der Waals surface area contributed by atoms with Gasteiger partial charge in [-0.3, -0.25) is 0 Å². The highest BCUT2D eigenvalue weighted by Crippen LogP contribution is 2.22. The molecule has 2 nitrogen and oxygen atoms in total. The van der Waals surface area contributed by atoms with E-state index in [1.165, 1.54) is 0 Å². The number of aromatic hydroxyl groups is 1. The standard InChI is InChI=1S/C11H17NO.ClH/c1-3-4-10(12)9-5-6-11(13)8(2)7-9;/h5-7,10,13H,3-4,12H2,1-2H3;1H/t10-;/m1./s1. The normalized spacial score (nSPS) is 11.9. The first-order valence-electron chi connectivity index (χ1n) is 4.70. The van der Waals surface area contributed by atoms with Crippen LogP contribution in [0, 0.1) is 6.92 Å². The van der Waals surface area contributed by atoms with Gasteiger partial charge in [-0.1, -0.05) is 25.5 Å². The van der Waals surface area contributed by atoms with Gasteiger partial charge >= 0.3 is 0 Å². The summed E-state index contributed by atoms with van der Waals surface area (Å²) in [6.45, 7) is 4.00. The Morgan fingerprint density at radius 2 is 2.07 bits per heavy atom. The Morgan fingerprint density at radius 3 is 2.57 bits per heavy atom. The number of aryl methyl sites for hydroxylation is 1. The van der Waals surface area contributed by atoms with E-state index in [0.29, 0.717) is 5.75 Å². The molecule has 0 heterocycles. The third-order valence-electron chi connectivity index (χ3n) is 2.25. The predicted octanol–water partition coefficient (Wildman–Crippen LogP) is 2.92. The quantitative estimate of drug-likeness (QED) is 0.815. The van der Waals surface area contributed by atoms with Crippen molar-refractivity contribution in [3.05, 3.63) is 29.3 Å². The summed E-state index contributed by atoms with van der Waals surface area (Å²) < 4.78 is 0. The molecule has 0 amide bonds. The summed E-state index contributed by atoms with van der Waals surface area (Å²) in [5.74, 6) is 0.340. The molecule has 0 fully saturated rings. The van der Waals surface area contributed by atoms with Crippen molar-refractivity contribution in [3.63, 3.8) is 0 Å². The molecule has 3 N–H and O–H groups in total. The summed E-state index contributed by atoms with van der Waals surface area (Å²) in [6, 6.07) is 5.66. The second-order valence-corrected chi connectivity index (χ2v) is 3.44. The van der Waals surface area contributed by atoms with E-state index in [1.807, 2.05) is 19.1 Å². The van der Waals surface area contributed by atoms with Crippen LogP contribution in [0.4, 0.5) is 0 Å². The van der Waals surface area contributed by atoms with Crippen molar-refractivity contribution in [1.82, 2.24) is 0 Å². The highest BCUT2D eigenvalue weighted by molar-refractivity contribution is 5.85. The Bertz CT molecular complexity index is 289. The molecule has 14 heavy (non-hydrogen) atoms. The summed E-state index contributed by atoms with van der Waals surface area (Å²) in [5.41, 5.74) is 7.94. The zero-order chi connectivity index (χ0) is 9.84. The van der Waals surface area contributed by atoms with Crippen molar-refractivity contribution in [2.45, 2.75) is 32.7 Å². The fourth-order valence-electron chi connectivity index (χ4n) is 1.39. The molecule has 1 rings (SSSR count). The summed E-state index contributed by atoms with van der Waals surface area (Å²) in [7, 11) is 0. The van der Waals surface area contributed by atoms with E-state index in [4.69, 9.17) is 5.73 Å². The number of phenolic OH excluding ortho intramolecular Hbond substituents is 1. The smallest absolute Gasteiger partial charge is 0.118 e. The van der Waals surface area contributed by atoms with Crippen LogP contribution in [0.2, 0.25) is 0 Å². The number of hydrogen-bond acceptors (Lipinski definition) is 2. The lowest BCUT2D eigenvalue weighted by atomic mass is 10.0. The minimum atomic E-state index is 0. The molecule has 0 saturated heterocycles. The largest absolute Gasteiger partial charge is 0.508 e. The molecule has 0 aliphatic heterocycles. The number of hydrogen-bond donors (Lipinski definition) is 2. The lowest BCUT2D eigenvalue weighted by Crippen LogP contribution is -2.09. The van der Waals surface area contributed by atoms with Crippen LogP contribution >= 0.6 is 12.4 Å². The van der Waals surface area contributed by atoms with Crippen LogP contribution in [0.1, 0.15) is 36.9 Å². The average Bonchev–Trinajstić information content (AvgIpc) is 2.10. The second kappa shape index (κ2) is 5.89. The molecule has 0 radical (unpaired) electrons. The molecule has 1 aromatic rings. The maximum absolute atomic E-state index is 9.31. The Kier molecular flexibility index (Phi) is 5.58. The van der Waals surface area contributed by atoms with Gasteiger partial charge in [-0.2, -0.15) is 0 Å². The highest BCUT2D eigenvalue weighted by Gasteiger charge is 2.05. The summed E-state index contributed by atoms with van der Waals surface area (Å²) in [4.78, 5) is 0. The van der Waals surface area contributed by atoms with Gasteiger partial charge < -0.3 is 10.8 Å². The third-order valence-corrected chi connectivity index (χ3v) is 2.25. The molecule has 80 valence electrons. The van der Waals surface area contributed by atoms with Crippen LogP contribution in [0.25, 0.3) is 0 Å². The van der Waals surface area contributed by atoms with Crippen LogP contribution in [-0.2, 0) is 0 Å². The summed E-state index contributed by atoms with van der Waals surface area (Å²) >= 11 is 0. The molecule has 1 atom stereocenters. The molecule has 0 aliphatic rings. The van der Waals surface area contributed by atoms with Crippen LogP contribution in [-0.4, -0.2) is 5.11 Å². The van der Waals surface area contributed by atoms with Gasteiger partial charge in [0.15, 0.2) is 0 Å². The zero-order valence-electron chi connectivity index (χ0n) is 8.66. The van der Waals surface area contributed by atoms with Crippen molar-refractivity contribution in [1.29, 1.82) is 0 Å². The van der Waals surface area contributed by atoms with E-state index in [9.17, 15) is 5.11 Å². The molecular formula is C11H18ClNO. The van der Waals surface area contributed by atoms with Crippen molar-refractivity contribution >= 4 is 12.4 Å². The fourth-order valence-corrected chi connectivity index (χ4v) is 1.39. The van der Waals surface area contributed by atoms with E-state index in [-0.39, 0.29) is 18.4 Å². The number of nitrogens with two attached hydrogens (primary N) is 1. The topological polar surface area (TPSA) is 46.2 Å². The molecular weight excluding hydrogens is 198 g/mol. The van der Waals surface area contributed by atoms with Gasteiger partial charge in [0.1, 0.15) is 5.75 Å². The van der Waals surface area contributed by atoms with E-state index in [1.54, 1.807) is 6.07 Å². The molecule has 0 spiro atoms. The minimum absolute atomic E-state index is 0. The maximum atomic E-state index is 9.31. The molecule has 0 aliphatic carbocycles. The van der Waals surface area contributed by atoms with E-state index < -0.39 is 0 Å². The highest BCUT2D eigenvalue weighted by atomic mass is 35.5. The second-order valence-electron chi connectivity index (χ2n) is 3.44. The van der Waals surface area contributed by atoms with Crippen molar-refractivity contribution in [3.8, 4) is 5.75 Å². The summed E-state index contributed by atoms with van der Waals surface area (Å²) in [6.07, 6.45) is 2.07. The Morgan fingerprint density at radius 1 is 1.43 bits per heavy atom. The molecule has 1 aromatic carbocycles. The van der Waals surface area contributed by atoms with Crippen molar-refractivity contribution < 1.29 is 5.11 Å². The zero-order valence-corrected chi connectivity index (χ0v) is 9.47. The first kappa shape index (κ1) is 13.3. The monoisotopic (exact) mass is 215 g/mol. The van der Waals surface area contributed by atoms with Crippen molar-refractivity contribution in [2.75, 3.05) is 0 Å². The Balaban J connectivity index is 0.00000169. The first-order valence-corrected chi connectivity index (χ1v) is 4.70. The van der Waals surface area contributed by atoms with E-state index >= 15 is 0 Å². The first-order chi connectivity index (χ1) is 6.15. The van der Waals surface area contributed by atoms with Crippen LogP contribution in [0.15, 0.2) is 18.2 Å². The van der Waals surface area contributed by atoms with Gasteiger partial charge in [-0.05, 0) is 30.5 Å². The number of rotatable bonds is 3. The molecule has 3 heteroatoms. The lowest BCUT2D eigenvalue weighted by Gasteiger charge is -2.11. The predicted molar refractivity (Wildman–Crippen MR) is 61.9 cm³/mol. The molecule has 0 saturated carbocycles. The Hall–Kier alpha value is -0.730. The number of benzene rings is 1. The molecule has 0 aromatic heterocycles. The van der Waals surface area contributed by atoms with E-state index in [0.717, 1.165) is 24.0 Å². The SMILES string of the molecule is CCC[C@@H](N)c1ccc(O)c(C)c1.Cl. The van der Waals surface area contributed by atoms with Gasteiger partial charge in [0.2, 0.25) is 0 Å². The average molecular weight is 216 g/mol. The Labute approximate surface area is 91.5 Å². The van der Waals surface area contributed by atoms with Gasteiger partial charge in [-0.15, -0.1) is 12.4 Å². The molecule has 0 unspecified atom stereocenters. The van der Waals surface area contributed by atoms with Crippen LogP contribution in [0.3, 0.4) is 0 Å². The maximum Gasteiger partial charge on any atom is 0.118 e. The van der Waals surface area contributed by atoms with E-state index in [2.05, 4.69) is 6.92 Å². The van der Waals surface area contributed by atoms with Crippen LogP contribution in [0.5, 0.6) is 5.75 Å². The minimum Gasteiger partial charge on any atom is -0.508 e. The van der Waals surface area contributed by atoms with Crippen LogP contribution < -0.4 is 5.73 Å². The van der Waals surface area contributed by atoms with Gasteiger partial charge in [0.05, 0.1) is 0 Å². The van der Waals surface area contributed by atoms with Gasteiger partial charge in [-0.25, -0.2) is 0 Å². The lowest BCUT2D eigenvalue weighted by molar-refractivity contribution is 0.470. The number of phenols is 1. The van der Waals surface area contributed by atoms with Gasteiger partial charge in [0.25, 0.3) is 0 Å². The molecule has 0 bridgehead atoms. The summed E-state index contributed by atoms with van der Waals surface area (Å²) in [5, 5.41) is 9.31. The third kappa shape index (κ3) is 3.20. The van der Waals surface area contributed by atoms with Crippen molar-refractivity contribution in [2.24, 2.45) is 5.73 Å².